The van der Waals surface area contributed by atoms with Crippen LogP contribution in [-0.2, 0) is 21.6 Å². The van der Waals surface area contributed by atoms with Crippen LogP contribution in [0.1, 0.15) is 43.0 Å². The van der Waals surface area contributed by atoms with Crippen molar-refractivity contribution in [3.8, 4) is 11.5 Å². The highest BCUT2D eigenvalue weighted by molar-refractivity contribution is 6.30. The van der Waals surface area contributed by atoms with E-state index in [1.165, 1.54) is 5.56 Å². The number of hydrogen-bond donors (Lipinski definition) is 0. The van der Waals surface area contributed by atoms with Crippen molar-refractivity contribution in [2.24, 2.45) is 4.99 Å². The Morgan fingerprint density at radius 3 is 2.32 bits per heavy atom. The van der Waals surface area contributed by atoms with Gasteiger partial charge < -0.3 is 14.2 Å². The van der Waals surface area contributed by atoms with Crippen molar-refractivity contribution in [3.05, 3.63) is 99.7 Å². The van der Waals surface area contributed by atoms with E-state index >= 15 is 0 Å². The summed E-state index contributed by atoms with van der Waals surface area (Å²) in [5, 5.41) is 0.678. The largest absolute Gasteiger partial charge is 0.493 e. The Morgan fingerprint density at radius 1 is 0.971 bits per heavy atom. The number of methoxy groups -OCH3 is 1. The van der Waals surface area contributed by atoms with Gasteiger partial charge in [0.2, 0.25) is 5.90 Å². The molecule has 0 aliphatic carbocycles. The van der Waals surface area contributed by atoms with Crippen molar-refractivity contribution >= 4 is 29.5 Å². The van der Waals surface area contributed by atoms with E-state index in [0.29, 0.717) is 29.0 Å². The average Bonchev–Trinajstić information content (AvgIpc) is 3.18. The summed E-state index contributed by atoms with van der Waals surface area (Å²) in [7, 11) is 1.57. The number of halogens is 1. The molecule has 5 nitrogen and oxygen atoms in total. The molecule has 0 radical (unpaired) electrons. The van der Waals surface area contributed by atoms with Gasteiger partial charge in [0.25, 0.3) is 0 Å². The lowest BCUT2D eigenvalue weighted by Gasteiger charge is -2.18. The minimum Gasteiger partial charge on any atom is -0.493 e. The van der Waals surface area contributed by atoms with Crippen LogP contribution >= 0.6 is 11.6 Å². The molecule has 4 rings (SSSR count). The van der Waals surface area contributed by atoms with Crippen molar-refractivity contribution in [1.82, 2.24) is 0 Å². The lowest BCUT2D eigenvalue weighted by atomic mass is 9.87. The SMILES string of the molecule is COc1cc(C=C2N=C(c3ccc(C(C)(C)C)cc3)OC2=O)ccc1OCc1ccc(Cl)cc1. The predicted octanol–water partition coefficient (Wildman–Crippen LogP) is 6.57. The van der Waals surface area contributed by atoms with Crippen molar-refractivity contribution in [3.63, 3.8) is 0 Å². The zero-order valence-corrected chi connectivity index (χ0v) is 20.3. The van der Waals surface area contributed by atoms with E-state index in [0.717, 1.165) is 16.7 Å². The Hall–Kier alpha value is -3.57. The van der Waals surface area contributed by atoms with Gasteiger partial charge in [-0.3, -0.25) is 0 Å². The third kappa shape index (κ3) is 5.49. The first-order chi connectivity index (χ1) is 16.2. The maximum Gasteiger partial charge on any atom is 0.363 e. The van der Waals surface area contributed by atoms with Crippen LogP contribution in [0.25, 0.3) is 6.08 Å². The van der Waals surface area contributed by atoms with Crippen LogP contribution in [-0.4, -0.2) is 19.0 Å². The summed E-state index contributed by atoms with van der Waals surface area (Å²) in [5.41, 5.74) is 3.96. The van der Waals surface area contributed by atoms with Gasteiger partial charge in [0.15, 0.2) is 17.2 Å². The van der Waals surface area contributed by atoms with Crippen molar-refractivity contribution in [1.29, 1.82) is 0 Å². The van der Waals surface area contributed by atoms with E-state index in [1.807, 2.05) is 54.6 Å². The summed E-state index contributed by atoms with van der Waals surface area (Å²) in [4.78, 5) is 16.8. The highest BCUT2D eigenvalue weighted by Crippen LogP contribution is 2.31. The molecule has 6 heteroatoms. The Kier molecular flexibility index (Phi) is 6.75. The molecule has 0 bridgehead atoms. The zero-order chi connectivity index (χ0) is 24.3. The summed E-state index contributed by atoms with van der Waals surface area (Å²) in [6, 6.07) is 20.8. The minimum absolute atomic E-state index is 0.0432. The number of esters is 1. The highest BCUT2D eigenvalue weighted by atomic mass is 35.5. The molecule has 34 heavy (non-hydrogen) atoms. The van der Waals surface area contributed by atoms with Crippen LogP contribution in [0.2, 0.25) is 5.02 Å². The number of cyclic esters (lactones) is 1. The fraction of sp³-hybridized carbons (Fsp3) is 0.214. The second-order valence-corrected chi connectivity index (χ2v) is 9.43. The molecule has 1 aliphatic rings. The molecule has 0 atom stereocenters. The lowest BCUT2D eigenvalue weighted by molar-refractivity contribution is -0.129. The fourth-order valence-corrected chi connectivity index (χ4v) is 3.56. The van der Waals surface area contributed by atoms with Crippen molar-refractivity contribution in [2.45, 2.75) is 32.8 Å². The molecule has 0 fully saturated rings. The van der Waals surface area contributed by atoms with E-state index in [9.17, 15) is 4.79 Å². The van der Waals surface area contributed by atoms with E-state index < -0.39 is 5.97 Å². The van der Waals surface area contributed by atoms with Crippen LogP contribution in [0.4, 0.5) is 0 Å². The number of rotatable bonds is 6. The highest BCUT2D eigenvalue weighted by Gasteiger charge is 2.25. The zero-order valence-electron chi connectivity index (χ0n) is 19.6. The van der Waals surface area contributed by atoms with Gasteiger partial charge in [-0.2, -0.15) is 0 Å². The van der Waals surface area contributed by atoms with E-state index in [4.69, 9.17) is 25.8 Å². The molecule has 174 valence electrons. The Bertz CT molecular complexity index is 1250. The van der Waals surface area contributed by atoms with Gasteiger partial charge in [-0.1, -0.05) is 62.7 Å². The Balaban J connectivity index is 1.51. The summed E-state index contributed by atoms with van der Waals surface area (Å²) in [6.07, 6.45) is 1.67. The van der Waals surface area contributed by atoms with Crippen LogP contribution in [0.15, 0.2) is 77.4 Å². The first-order valence-corrected chi connectivity index (χ1v) is 11.3. The molecule has 0 N–H and O–H groups in total. The molecular weight excluding hydrogens is 450 g/mol. The second kappa shape index (κ2) is 9.74. The van der Waals surface area contributed by atoms with Gasteiger partial charge >= 0.3 is 5.97 Å². The number of carbonyl (C=O) groups is 1. The van der Waals surface area contributed by atoms with Gasteiger partial charge in [-0.15, -0.1) is 0 Å². The van der Waals surface area contributed by atoms with Gasteiger partial charge in [0, 0.05) is 10.6 Å². The van der Waals surface area contributed by atoms with Crippen LogP contribution in [0.3, 0.4) is 0 Å². The van der Waals surface area contributed by atoms with Gasteiger partial charge in [0.05, 0.1) is 7.11 Å². The lowest BCUT2D eigenvalue weighted by Crippen LogP contribution is -2.11. The molecule has 0 amide bonds. The molecule has 0 unspecified atom stereocenters. The molecule has 0 aromatic heterocycles. The van der Waals surface area contributed by atoms with Gasteiger partial charge in [-0.05, 0) is 64.6 Å². The summed E-state index contributed by atoms with van der Waals surface area (Å²) >= 11 is 5.93. The minimum atomic E-state index is -0.489. The monoisotopic (exact) mass is 475 g/mol. The molecule has 3 aromatic rings. The number of benzene rings is 3. The smallest absolute Gasteiger partial charge is 0.363 e. The maximum absolute atomic E-state index is 12.4. The molecule has 1 aliphatic heterocycles. The molecule has 0 saturated carbocycles. The first-order valence-electron chi connectivity index (χ1n) is 10.9. The topological polar surface area (TPSA) is 57.1 Å². The molecule has 0 saturated heterocycles. The quantitative estimate of drug-likeness (QED) is 0.299. The molecule has 3 aromatic carbocycles. The van der Waals surface area contributed by atoms with Gasteiger partial charge in [-0.25, -0.2) is 9.79 Å². The molecule has 0 spiro atoms. The third-order valence-electron chi connectivity index (χ3n) is 5.42. The first kappa shape index (κ1) is 23.6. The number of carbonyl (C=O) groups excluding carboxylic acids is 1. The van der Waals surface area contributed by atoms with Crippen LogP contribution in [0, 0.1) is 0 Å². The van der Waals surface area contributed by atoms with Crippen LogP contribution in [0.5, 0.6) is 11.5 Å². The van der Waals surface area contributed by atoms with Crippen molar-refractivity contribution < 1.29 is 19.0 Å². The normalized spacial score (nSPS) is 14.7. The Labute approximate surface area is 204 Å². The molecule has 1 heterocycles. The third-order valence-corrected chi connectivity index (χ3v) is 5.67. The Morgan fingerprint density at radius 2 is 1.68 bits per heavy atom. The van der Waals surface area contributed by atoms with Gasteiger partial charge in [0.1, 0.15) is 6.61 Å². The second-order valence-electron chi connectivity index (χ2n) is 8.99. The maximum atomic E-state index is 12.4. The van der Waals surface area contributed by atoms with E-state index in [1.54, 1.807) is 25.3 Å². The number of aliphatic imine (C=N–C) groups is 1. The predicted molar refractivity (Wildman–Crippen MR) is 135 cm³/mol. The summed E-state index contributed by atoms with van der Waals surface area (Å²) in [6.45, 7) is 6.83. The van der Waals surface area contributed by atoms with E-state index in [2.05, 4.69) is 25.8 Å². The number of ether oxygens (including phenoxy) is 3. The average molecular weight is 476 g/mol. The molecular formula is C28H26ClNO4. The standard InChI is InChI=1S/C28H26ClNO4/c1-28(2,3)21-10-8-20(9-11-21)26-30-23(27(31)34-26)15-19-7-14-24(25(16-19)32-4)33-17-18-5-12-22(29)13-6-18/h5-16H,17H2,1-4H3. The van der Waals surface area contributed by atoms with E-state index in [-0.39, 0.29) is 11.1 Å². The number of nitrogens with zero attached hydrogens (tertiary/aromatic N) is 1. The summed E-state index contributed by atoms with van der Waals surface area (Å²) < 4.78 is 16.8. The van der Waals surface area contributed by atoms with Crippen LogP contribution < -0.4 is 9.47 Å². The fourth-order valence-electron chi connectivity index (χ4n) is 3.44. The van der Waals surface area contributed by atoms with Crippen molar-refractivity contribution in [2.75, 3.05) is 7.11 Å². The number of hydrogen-bond acceptors (Lipinski definition) is 5. The summed E-state index contributed by atoms with van der Waals surface area (Å²) in [5.74, 6) is 0.955.